The molecule has 1 aromatic heterocycles. The van der Waals surface area contributed by atoms with Crippen molar-refractivity contribution in [2.75, 3.05) is 24.3 Å². The number of nitrogens with one attached hydrogen (secondary N) is 2. The third-order valence-corrected chi connectivity index (χ3v) is 4.32. The van der Waals surface area contributed by atoms with Gasteiger partial charge in [0.25, 0.3) is 0 Å². The second-order valence-corrected chi connectivity index (χ2v) is 6.24. The minimum atomic E-state index is -0.667. The molecular formula is C15H24N6O4. The third-order valence-electron chi connectivity index (χ3n) is 4.32. The highest BCUT2D eigenvalue weighted by atomic mass is 16.6. The van der Waals surface area contributed by atoms with Crippen molar-refractivity contribution in [1.82, 2.24) is 9.97 Å². The quantitative estimate of drug-likeness (QED) is 0.375. The average molecular weight is 352 g/mol. The van der Waals surface area contributed by atoms with E-state index in [0.29, 0.717) is 12.5 Å². The molecule has 1 saturated carbocycles. The summed E-state index contributed by atoms with van der Waals surface area (Å²) in [5, 5.41) is 17.0. The molecule has 0 bridgehead atoms. The second-order valence-electron chi connectivity index (χ2n) is 6.24. The van der Waals surface area contributed by atoms with E-state index in [9.17, 15) is 14.9 Å². The van der Waals surface area contributed by atoms with Crippen molar-refractivity contribution in [1.29, 1.82) is 0 Å². The Balaban J connectivity index is 2.06. The summed E-state index contributed by atoms with van der Waals surface area (Å²) in [6.07, 6.45) is 5.01. The Kier molecular flexibility index (Phi) is 6.45. The fraction of sp³-hybridized carbons (Fsp3) is 0.667. The summed E-state index contributed by atoms with van der Waals surface area (Å²) >= 11 is 0. The van der Waals surface area contributed by atoms with Gasteiger partial charge in [0.1, 0.15) is 12.2 Å². The lowest BCUT2D eigenvalue weighted by atomic mass is 9.86. The molecule has 0 amide bonds. The van der Waals surface area contributed by atoms with Crippen molar-refractivity contribution in [2.24, 2.45) is 11.7 Å². The lowest BCUT2D eigenvalue weighted by molar-refractivity contribution is -0.384. The molecule has 1 heterocycles. The summed E-state index contributed by atoms with van der Waals surface area (Å²) in [6, 6.07) is -0.417. The van der Waals surface area contributed by atoms with E-state index in [2.05, 4.69) is 25.3 Å². The maximum atomic E-state index is 11.5. The topological polar surface area (TPSA) is 145 Å². The summed E-state index contributed by atoms with van der Waals surface area (Å²) in [6.45, 7) is 2.17. The Bertz CT molecular complexity index is 618. The number of esters is 1. The molecule has 4 N–H and O–H groups in total. The van der Waals surface area contributed by atoms with Crippen LogP contribution in [0.25, 0.3) is 0 Å². The lowest BCUT2D eigenvalue weighted by Crippen LogP contribution is -2.30. The molecule has 10 heteroatoms. The number of carbonyl (C=O) groups excluding carboxylic acids is 1. The first-order valence-electron chi connectivity index (χ1n) is 8.26. The van der Waals surface area contributed by atoms with E-state index in [4.69, 9.17) is 5.73 Å². The summed E-state index contributed by atoms with van der Waals surface area (Å²) in [7, 11) is 1.28. The van der Waals surface area contributed by atoms with E-state index in [1.54, 1.807) is 6.92 Å². The van der Waals surface area contributed by atoms with E-state index in [1.165, 1.54) is 7.11 Å². The van der Waals surface area contributed by atoms with Gasteiger partial charge in [-0.3, -0.25) is 10.1 Å². The first-order valence-corrected chi connectivity index (χ1v) is 8.26. The smallest absolute Gasteiger partial charge is 0.329 e. The van der Waals surface area contributed by atoms with Gasteiger partial charge in [0.2, 0.25) is 11.8 Å². The lowest BCUT2D eigenvalue weighted by Gasteiger charge is -2.26. The highest BCUT2D eigenvalue weighted by Gasteiger charge is 2.22. The minimum Gasteiger partial charge on any atom is -0.467 e. The zero-order valence-corrected chi connectivity index (χ0v) is 14.4. The van der Waals surface area contributed by atoms with Gasteiger partial charge in [-0.1, -0.05) is 0 Å². The molecule has 0 unspecified atom stereocenters. The summed E-state index contributed by atoms with van der Waals surface area (Å²) in [4.78, 5) is 30.1. The van der Waals surface area contributed by atoms with Crippen LogP contribution in [0.5, 0.6) is 0 Å². The van der Waals surface area contributed by atoms with E-state index < -0.39 is 16.9 Å². The number of nitrogens with zero attached hydrogens (tertiary/aromatic N) is 3. The molecule has 2 rings (SSSR count). The summed E-state index contributed by atoms with van der Waals surface area (Å²) in [5.41, 5.74) is 5.69. The number of ether oxygens (including phenoxy) is 1. The Morgan fingerprint density at radius 2 is 2.16 bits per heavy atom. The van der Waals surface area contributed by atoms with Crippen molar-refractivity contribution in [3.8, 4) is 0 Å². The van der Waals surface area contributed by atoms with Gasteiger partial charge < -0.3 is 21.1 Å². The van der Waals surface area contributed by atoms with Crippen LogP contribution in [0.15, 0.2) is 6.20 Å². The molecule has 1 aliphatic carbocycles. The van der Waals surface area contributed by atoms with Crippen LogP contribution in [0.1, 0.15) is 32.6 Å². The normalized spacial score (nSPS) is 21.2. The van der Waals surface area contributed by atoms with Crippen LogP contribution in [0, 0.1) is 16.0 Å². The summed E-state index contributed by atoms with van der Waals surface area (Å²) < 4.78 is 4.62. The number of anilines is 2. The molecule has 10 nitrogen and oxygen atoms in total. The van der Waals surface area contributed by atoms with Crippen LogP contribution in [0.2, 0.25) is 0 Å². The molecule has 0 aromatic carbocycles. The first kappa shape index (κ1) is 18.8. The maximum Gasteiger partial charge on any atom is 0.329 e. The highest BCUT2D eigenvalue weighted by molar-refractivity contribution is 5.78. The fourth-order valence-electron chi connectivity index (χ4n) is 2.77. The first-order chi connectivity index (χ1) is 11.9. The molecular weight excluding hydrogens is 328 g/mol. The third kappa shape index (κ3) is 5.24. The van der Waals surface area contributed by atoms with Gasteiger partial charge in [0.15, 0.2) is 0 Å². The van der Waals surface area contributed by atoms with Crippen molar-refractivity contribution in [3.63, 3.8) is 0 Å². The number of aromatic nitrogens is 2. The van der Waals surface area contributed by atoms with Gasteiger partial charge in [0.05, 0.1) is 12.0 Å². The molecule has 1 atom stereocenters. The van der Waals surface area contributed by atoms with Gasteiger partial charge >= 0.3 is 11.7 Å². The Morgan fingerprint density at radius 3 is 2.76 bits per heavy atom. The highest BCUT2D eigenvalue weighted by Crippen LogP contribution is 2.26. The maximum absolute atomic E-state index is 11.5. The zero-order valence-electron chi connectivity index (χ0n) is 14.4. The SMILES string of the molecule is COC(=O)[C@@H](C)Nc1ncc([N+](=O)[O-])c(NCC2CCC(N)CC2)n1. The van der Waals surface area contributed by atoms with Gasteiger partial charge in [-0.25, -0.2) is 9.78 Å². The molecule has 0 aliphatic heterocycles. The Morgan fingerprint density at radius 1 is 1.48 bits per heavy atom. The van der Waals surface area contributed by atoms with E-state index in [1.807, 2.05) is 0 Å². The Labute approximate surface area is 145 Å². The predicted molar refractivity (Wildman–Crippen MR) is 92.2 cm³/mol. The molecule has 0 spiro atoms. The molecule has 0 radical (unpaired) electrons. The average Bonchev–Trinajstić information content (AvgIpc) is 2.60. The summed E-state index contributed by atoms with van der Waals surface area (Å²) in [5.74, 6) is 0.181. The second kappa shape index (κ2) is 8.56. The van der Waals surface area contributed by atoms with E-state index in [0.717, 1.165) is 31.9 Å². The zero-order chi connectivity index (χ0) is 18.4. The standard InChI is InChI=1S/C15H24N6O4/c1-9(14(22)25-2)19-15-18-8-12(21(23)24)13(20-15)17-7-10-3-5-11(16)6-4-10/h8-11H,3-7,16H2,1-2H3,(H2,17,18,19,20)/t9-,10?,11?/m1/s1. The number of rotatable bonds is 7. The molecule has 25 heavy (non-hydrogen) atoms. The number of carbonyl (C=O) groups is 1. The van der Waals surface area contributed by atoms with Gasteiger partial charge in [0, 0.05) is 12.6 Å². The van der Waals surface area contributed by atoms with Crippen LogP contribution < -0.4 is 16.4 Å². The molecule has 1 fully saturated rings. The fourth-order valence-corrected chi connectivity index (χ4v) is 2.77. The van der Waals surface area contributed by atoms with Crippen LogP contribution in [0.3, 0.4) is 0 Å². The molecule has 1 aliphatic rings. The monoisotopic (exact) mass is 352 g/mol. The van der Waals surface area contributed by atoms with E-state index >= 15 is 0 Å². The van der Waals surface area contributed by atoms with Crippen LogP contribution in [-0.2, 0) is 9.53 Å². The van der Waals surface area contributed by atoms with E-state index in [-0.39, 0.29) is 23.5 Å². The van der Waals surface area contributed by atoms with Crippen molar-refractivity contribution < 1.29 is 14.5 Å². The van der Waals surface area contributed by atoms with Crippen LogP contribution >= 0.6 is 0 Å². The molecule has 138 valence electrons. The Hall–Kier alpha value is -2.49. The largest absolute Gasteiger partial charge is 0.467 e. The number of hydrogen-bond acceptors (Lipinski definition) is 9. The van der Waals surface area contributed by atoms with Crippen LogP contribution in [0.4, 0.5) is 17.5 Å². The predicted octanol–water partition coefficient (Wildman–Crippen LogP) is 1.29. The number of hydrogen-bond donors (Lipinski definition) is 3. The molecule has 0 saturated heterocycles. The van der Waals surface area contributed by atoms with Gasteiger partial charge in [-0.2, -0.15) is 4.98 Å². The number of nitrogens with two attached hydrogens (primary N) is 1. The van der Waals surface area contributed by atoms with Crippen LogP contribution in [-0.4, -0.2) is 46.6 Å². The molecule has 1 aromatic rings. The minimum absolute atomic E-state index is 0.122. The van der Waals surface area contributed by atoms with Crippen molar-refractivity contribution in [3.05, 3.63) is 16.3 Å². The number of methoxy groups -OCH3 is 1. The van der Waals surface area contributed by atoms with Gasteiger partial charge in [-0.15, -0.1) is 0 Å². The number of nitro groups is 1. The van der Waals surface area contributed by atoms with Gasteiger partial charge in [-0.05, 0) is 38.5 Å². The van der Waals surface area contributed by atoms with Crippen molar-refractivity contribution >= 4 is 23.4 Å². The van der Waals surface area contributed by atoms with Crippen molar-refractivity contribution in [2.45, 2.75) is 44.7 Å².